The van der Waals surface area contributed by atoms with E-state index < -0.39 is 12.0 Å². The lowest BCUT2D eigenvalue weighted by Gasteiger charge is -2.14. The molecule has 0 amide bonds. The van der Waals surface area contributed by atoms with Gasteiger partial charge in [-0.15, -0.1) is 11.3 Å². The summed E-state index contributed by atoms with van der Waals surface area (Å²) >= 11 is 1.40. The summed E-state index contributed by atoms with van der Waals surface area (Å²) in [5, 5.41) is 14.1. The lowest BCUT2D eigenvalue weighted by molar-refractivity contribution is -0.138. The van der Waals surface area contributed by atoms with E-state index in [-0.39, 0.29) is 5.92 Å². The van der Waals surface area contributed by atoms with E-state index in [1.54, 1.807) is 12.1 Å². The first-order valence-electron chi connectivity index (χ1n) is 5.92. The highest BCUT2D eigenvalue weighted by Gasteiger charge is 2.21. The third-order valence-corrected chi connectivity index (χ3v) is 3.58. The van der Waals surface area contributed by atoms with Gasteiger partial charge in [-0.25, -0.2) is 14.8 Å². The first kappa shape index (κ1) is 13.5. The fraction of sp³-hybridized carbons (Fsp3) is 0.308. The summed E-state index contributed by atoms with van der Waals surface area (Å²) in [6, 6.07) is 4.63. The van der Waals surface area contributed by atoms with E-state index in [1.165, 1.54) is 17.7 Å². The molecule has 2 N–H and O–H groups in total. The molecule has 19 heavy (non-hydrogen) atoms. The Labute approximate surface area is 115 Å². The summed E-state index contributed by atoms with van der Waals surface area (Å²) in [4.78, 5) is 20.3. The van der Waals surface area contributed by atoms with Crippen LogP contribution in [0.1, 0.15) is 36.4 Å². The molecule has 2 aromatic rings. The van der Waals surface area contributed by atoms with Gasteiger partial charge in [0.15, 0.2) is 6.04 Å². The normalized spacial score (nSPS) is 12.4. The van der Waals surface area contributed by atoms with Gasteiger partial charge in [0.05, 0.1) is 0 Å². The molecule has 0 bridgehead atoms. The number of nitrogens with zero attached hydrogens (tertiary/aromatic N) is 2. The topological polar surface area (TPSA) is 75.1 Å². The standard InChI is InChI=1S/C13H15N3O2S/c1-8(2)9-6-11(15-7-14-9)16-12(13(17)18)10-4-3-5-19-10/h3-8,12H,1-2H3,(H,17,18)(H,14,15,16). The quantitative estimate of drug-likeness (QED) is 0.879. The zero-order chi connectivity index (χ0) is 13.8. The van der Waals surface area contributed by atoms with Gasteiger partial charge in [0.1, 0.15) is 12.1 Å². The third kappa shape index (κ3) is 3.29. The number of nitrogens with one attached hydrogen (secondary N) is 1. The molecule has 0 aliphatic rings. The molecule has 0 saturated heterocycles. The Morgan fingerprint density at radius 3 is 2.79 bits per heavy atom. The molecule has 2 heterocycles. The lowest BCUT2D eigenvalue weighted by atomic mass is 10.1. The molecule has 0 aromatic carbocycles. The van der Waals surface area contributed by atoms with Gasteiger partial charge in [-0.05, 0) is 17.4 Å². The monoisotopic (exact) mass is 277 g/mol. The third-order valence-electron chi connectivity index (χ3n) is 2.65. The second-order valence-electron chi connectivity index (χ2n) is 4.41. The molecule has 0 spiro atoms. The van der Waals surface area contributed by atoms with E-state index >= 15 is 0 Å². The van der Waals surface area contributed by atoms with Gasteiger partial charge in [-0.1, -0.05) is 19.9 Å². The first-order valence-corrected chi connectivity index (χ1v) is 6.80. The van der Waals surface area contributed by atoms with Crippen molar-refractivity contribution in [2.45, 2.75) is 25.8 Å². The van der Waals surface area contributed by atoms with Gasteiger partial charge in [0.25, 0.3) is 0 Å². The highest BCUT2D eigenvalue weighted by molar-refractivity contribution is 7.10. The van der Waals surface area contributed by atoms with Crippen LogP contribution in [-0.4, -0.2) is 21.0 Å². The van der Waals surface area contributed by atoms with Crippen molar-refractivity contribution in [3.63, 3.8) is 0 Å². The first-order chi connectivity index (χ1) is 9.08. The molecule has 0 aliphatic heterocycles. The number of carboxylic acids is 1. The van der Waals surface area contributed by atoms with Crippen LogP contribution < -0.4 is 5.32 Å². The van der Waals surface area contributed by atoms with Gasteiger partial charge in [0, 0.05) is 16.6 Å². The molecule has 2 aromatic heterocycles. The van der Waals surface area contributed by atoms with Gasteiger partial charge < -0.3 is 10.4 Å². The molecule has 0 fully saturated rings. The predicted octanol–water partition coefficient (Wildman–Crippen LogP) is 2.90. The number of aliphatic carboxylic acids is 1. The van der Waals surface area contributed by atoms with Crippen molar-refractivity contribution in [2.75, 3.05) is 5.32 Å². The number of carboxylic acid groups (broad SMARTS) is 1. The number of hydrogen-bond donors (Lipinski definition) is 2. The summed E-state index contributed by atoms with van der Waals surface area (Å²) in [5.74, 6) is -0.125. The summed E-state index contributed by atoms with van der Waals surface area (Å²) in [6.07, 6.45) is 1.45. The summed E-state index contributed by atoms with van der Waals surface area (Å²) in [7, 11) is 0. The van der Waals surface area contributed by atoms with Gasteiger partial charge in [-0.2, -0.15) is 0 Å². The number of carbonyl (C=O) groups is 1. The van der Waals surface area contributed by atoms with Crippen LogP contribution in [0.5, 0.6) is 0 Å². The minimum atomic E-state index is -0.924. The van der Waals surface area contributed by atoms with E-state index in [0.717, 1.165) is 10.6 Å². The lowest BCUT2D eigenvalue weighted by Crippen LogP contribution is -2.20. The summed E-state index contributed by atoms with van der Waals surface area (Å²) in [5.41, 5.74) is 0.882. The Morgan fingerprint density at radius 2 is 2.21 bits per heavy atom. The van der Waals surface area contributed by atoms with E-state index in [4.69, 9.17) is 0 Å². The maximum absolute atomic E-state index is 11.3. The molecule has 2 rings (SSSR count). The Hall–Kier alpha value is -1.95. The van der Waals surface area contributed by atoms with Crippen LogP contribution in [0.2, 0.25) is 0 Å². The second-order valence-corrected chi connectivity index (χ2v) is 5.39. The number of rotatable bonds is 5. The largest absolute Gasteiger partial charge is 0.479 e. The van der Waals surface area contributed by atoms with Gasteiger partial charge in [-0.3, -0.25) is 0 Å². The number of thiophene rings is 1. The Bertz CT molecular complexity index is 555. The molecule has 6 heteroatoms. The van der Waals surface area contributed by atoms with E-state index in [2.05, 4.69) is 15.3 Å². The van der Waals surface area contributed by atoms with Gasteiger partial charge in [0.2, 0.25) is 0 Å². The zero-order valence-corrected chi connectivity index (χ0v) is 11.5. The highest BCUT2D eigenvalue weighted by Crippen LogP contribution is 2.24. The minimum absolute atomic E-state index is 0.272. The van der Waals surface area contributed by atoms with Crippen molar-refractivity contribution in [3.05, 3.63) is 40.5 Å². The maximum atomic E-state index is 11.3. The van der Waals surface area contributed by atoms with Crippen LogP contribution in [0, 0.1) is 0 Å². The molecule has 0 aliphatic carbocycles. The van der Waals surface area contributed by atoms with Crippen LogP contribution >= 0.6 is 11.3 Å². The fourth-order valence-corrected chi connectivity index (χ4v) is 2.39. The Balaban J connectivity index is 2.23. The van der Waals surface area contributed by atoms with Crippen molar-refractivity contribution >= 4 is 23.1 Å². The van der Waals surface area contributed by atoms with Crippen molar-refractivity contribution in [3.8, 4) is 0 Å². The van der Waals surface area contributed by atoms with Crippen molar-refractivity contribution in [1.29, 1.82) is 0 Å². The molecule has 5 nitrogen and oxygen atoms in total. The zero-order valence-electron chi connectivity index (χ0n) is 10.7. The molecular formula is C13H15N3O2S. The van der Waals surface area contributed by atoms with E-state index in [0.29, 0.717) is 5.82 Å². The maximum Gasteiger partial charge on any atom is 0.331 e. The van der Waals surface area contributed by atoms with Crippen molar-refractivity contribution in [2.24, 2.45) is 0 Å². The predicted molar refractivity (Wildman–Crippen MR) is 74.4 cm³/mol. The molecule has 0 radical (unpaired) electrons. The van der Waals surface area contributed by atoms with Crippen LogP contribution in [0.25, 0.3) is 0 Å². The van der Waals surface area contributed by atoms with Crippen molar-refractivity contribution < 1.29 is 9.90 Å². The average molecular weight is 277 g/mol. The van der Waals surface area contributed by atoms with Crippen LogP contribution in [0.4, 0.5) is 5.82 Å². The van der Waals surface area contributed by atoms with Crippen LogP contribution in [-0.2, 0) is 4.79 Å². The molecule has 1 atom stereocenters. The number of aromatic nitrogens is 2. The van der Waals surface area contributed by atoms with Crippen LogP contribution in [0.3, 0.4) is 0 Å². The Kier molecular flexibility index (Phi) is 4.11. The van der Waals surface area contributed by atoms with E-state index in [9.17, 15) is 9.90 Å². The summed E-state index contributed by atoms with van der Waals surface area (Å²) < 4.78 is 0. The van der Waals surface area contributed by atoms with Crippen molar-refractivity contribution in [1.82, 2.24) is 9.97 Å². The Morgan fingerprint density at radius 1 is 1.42 bits per heavy atom. The minimum Gasteiger partial charge on any atom is -0.479 e. The highest BCUT2D eigenvalue weighted by atomic mass is 32.1. The summed E-state index contributed by atoms with van der Waals surface area (Å²) in [6.45, 7) is 4.06. The second kappa shape index (κ2) is 5.79. The SMILES string of the molecule is CC(C)c1cc(NC(C(=O)O)c2cccs2)ncn1. The molecule has 1 unspecified atom stereocenters. The molecule has 100 valence electrons. The van der Waals surface area contributed by atoms with E-state index in [1.807, 2.05) is 25.3 Å². The number of hydrogen-bond acceptors (Lipinski definition) is 5. The number of anilines is 1. The smallest absolute Gasteiger partial charge is 0.331 e. The fourth-order valence-electron chi connectivity index (χ4n) is 1.62. The average Bonchev–Trinajstić information content (AvgIpc) is 2.89. The van der Waals surface area contributed by atoms with Crippen LogP contribution in [0.15, 0.2) is 29.9 Å². The molecular weight excluding hydrogens is 262 g/mol. The molecule has 0 saturated carbocycles. The van der Waals surface area contributed by atoms with Gasteiger partial charge >= 0.3 is 5.97 Å².